The van der Waals surface area contributed by atoms with Gasteiger partial charge in [-0.15, -0.1) is 0 Å². The molecule has 0 saturated heterocycles. The summed E-state index contributed by atoms with van der Waals surface area (Å²) in [6.07, 6.45) is 0. The molecule has 0 N–H and O–H groups in total. The molecule has 0 bridgehead atoms. The van der Waals surface area contributed by atoms with Gasteiger partial charge in [-0.1, -0.05) is 322 Å². The van der Waals surface area contributed by atoms with Crippen LogP contribution in [0.2, 0.25) is 0 Å². The van der Waals surface area contributed by atoms with Crippen molar-refractivity contribution in [3.63, 3.8) is 0 Å². The Morgan fingerprint density at radius 3 is 1.09 bits per heavy atom. The van der Waals surface area contributed by atoms with Gasteiger partial charge < -0.3 is 9.80 Å². The van der Waals surface area contributed by atoms with Crippen molar-refractivity contribution in [2.75, 3.05) is 9.80 Å². The quantitative estimate of drug-likeness (QED) is 0.100. The third-order valence-electron chi connectivity index (χ3n) is 21.0. The monoisotopic (exact) mass is 1320 g/mol. The van der Waals surface area contributed by atoms with Gasteiger partial charge in [0.05, 0.1) is 11.4 Å². The molecule has 2 nitrogen and oxygen atoms in total. The molecular weight excluding hydrogens is 1250 g/mol. The van der Waals surface area contributed by atoms with Crippen LogP contribution in [0.1, 0.15) is 0 Å². The minimum atomic E-state index is 1.07. The lowest BCUT2D eigenvalue weighted by atomic mass is 9.90. The second kappa shape index (κ2) is 26.5. The van der Waals surface area contributed by atoms with Crippen molar-refractivity contribution in [1.82, 2.24) is 0 Å². The van der Waals surface area contributed by atoms with Crippen LogP contribution in [0.25, 0.3) is 154 Å². The summed E-state index contributed by atoms with van der Waals surface area (Å²) in [6, 6.07) is 152. The summed E-state index contributed by atoms with van der Waals surface area (Å²) in [5, 5.41) is 14.8. The molecule has 0 unspecified atom stereocenters. The first kappa shape index (κ1) is 61.4. The van der Waals surface area contributed by atoms with E-state index < -0.39 is 0 Å². The van der Waals surface area contributed by atoms with Crippen molar-refractivity contribution in [2.45, 2.75) is 0 Å². The summed E-state index contributed by atoms with van der Waals surface area (Å²) in [7, 11) is 0. The van der Waals surface area contributed by atoms with Crippen molar-refractivity contribution < 1.29 is 0 Å². The Balaban J connectivity index is 0.659. The van der Waals surface area contributed by atoms with Crippen LogP contribution in [0, 0.1) is 0 Å². The highest BCUT2D eigenvalue weighted by Gasteiger charge is 2.23. The molecule has 0 spiro atoms. The van der Waals surface area contributed by atoms with E-state index in [0.717, 1.165) is 78.6 Å². The van der Waals surface area contributed by atoms with E-state index in [4.69, 9.17) is 0 Å². The molecule has 19 rings (SSSR count). The van der Waals surface area contributed by atoms with Crippen molar-refractivity contribution in [1.29, 1.82) is 0 Å². The van der Waals surface area contributed by atoms with E-state index in [1.54, 1.807) is 0 Å². The lowest BCUT2D eigenvalue weighted by Gasteiger charge is -2.29. The summed E-state index contributed by atoms with van der Waals surface area (Å²) in [6.45, 7) is 0. The number of benzene rings is 19. The first-order valence-electron chi connectivity index (χ1n) is 35.8. The Bertz CT molecular complexity index is 6440. The SMILES string of the molecule is c1ccc(-c2cccc(N(c3ccc(-c4cccc5ccccc45)cc3)c3ccc(-c4ccc5ccc6c(-c7cccc8cc(-c9ccc(N(c%10ccccc%10)c%10ccc(-c%11ccc%12ccc%13ccccc%13c%12c%11)cc%10-c%10ccccc%10)cc9)ccc78)cccc6c5c4)cc3-c3ccccc3)c2)cc1. The molecule has 104 heavy (non-hydrogen) atoms. The first-order chi connectivity index (χ1) is 51.5. The van der Waals surface area contributed by atoms with Gasteiger partial charge in [-0.3, -0.25) is 0 Å². The van der Waals surface area contributed by atoms with Gasteiger partial charge in [-0.05, 0) is 234 Å². The second-order valence-electron chi connectivity index (χ2n) is 27.1. The minimum Gasteiger partial charge on any atom is -0.310 e. The highest BCUT2D eigenvalue weighted by atomic mass is 15.1. The molecule has 0 heterocycles. The molecule has 0 aromatic heterocycles. The van der Waals surface area contributed by atoms with Crippen molar-refractivity contribution in [3.8, 4) is 89.0 Å². The number of hydrogen-bond acceptors (Lipinski definition) is 2. The van der Waals surface area contributed by atoms with Gasteiger partial charge in [-0.2, -0.15) is 0 Å². The van der Waals surface area contributed by atoms with E-state index in [9.17, 15) is 0 Å². The van der Waals surface area contributed by atoms with Gasteiger partial charge in [-0.25, -0.2) is 0 Å². The van der Waals surface area contributed by atoms with Crippen molar-refractivity contribution in [2.24, 2.45) is 0 Å². The first-order valence-corrected chi connectivity index (χ1v) is 35.8. The minimum absolute atomic E-state index is 1.07. The average Bonchev–Trinajstić information content (AvgIpc) is 0.768. The molecular formula is C102H68N2. The summed E-state index contributed by atoms with van der Waals surface area (Å²) in [5.74, 6) is 0. The molecule has 0 saturated carbocycles. The number of anilines is 6. The maximum absolute atomic E-state index is 2.43. The molecule has 0 aliphatic heterocycles. The fourth-order valence-electron chi connectivity index (χ4n) is 15.9. The van der Waals surface area contributed by atoms with Gasteiger partial charge in [0.15, 0.2) is 0 Å². The summed E-state index contributed by atoms with van der Waals surface area (Å²) in [5.41, 5.74) is 25.3. The van der Waals surface area contributed by atoms with Gasteiger partial charge in [0.1, 0.15) is 0 Å². The van der Waals surface area contributed by atoms with Crippen molar-refractivity contribution >= 4 is 98.8 Å². The van der Waals surface area contributed by atoms with Crippen LogP contribution in [0.3, 0.4) is 0 Å². The normalized spacial score (nSPS) is 11.5. The Hall–Kier alpha value is -13.7. The van der Waals surface area contributed by atoms with Crippen LogP contribution in [-0.2, 0) is 0 Å². The van der Waals surface area contributed by atoms with E-state index >= 15 is 0 Å². The van der Waals surface area contributed by atoms with E-state index in [1.165, 1.54) is 109 Å². The maximum atomic E-state index is 2.43. The van der Waals surface area contributed by atoms with E-state index in [-0.39, 0.29) is 0 Å². The molecule has 0 amide bonds. The summed E-state index contributed by atoms with van der Waals surface area (Å²) >= 11 is 0. The van der Waals surface area contributed by atoms with E-state index in [2.05, 4.69) is 422 Å². The molecule has 0 radical (unpaired) electrons. The lowest BCUT2D eigenvalue weighted by molar-refractivity contribution is 1.28. The van der Waals surface area contributed by atoms with Crippen LogP contribution in [0.15, 0.2) is 413 Å². The second-order valence-corrected chi connectivity index (χ2v) is 27.1. The summed E-state index contributed by atoms with van der Waals surface area (Å²) in [4.78, 5) is 4.84. The fraction of sp³-hybridized carbons (Fsp3) is 0. The highest BCUT2D eigenvalue weighted by Crippen LogP contribution is 2.48. The van der Waals surface area contributed by atoms with E-state index in [1.807, 2.05) is 0 Å². The largest absolute Gasteiger partial charge is 0.310 e. The predicted octanol–water partition coefficient (Wildman–Crippen LogP) is 28.9. The Kier molecular flexibility index (Phi) is 15.6. The van der Waals surface area contributed by atoms with Crippen LogP contribution in [-0.4, -0.2) is 0 Å². The number of rotatable bonds is 14. The van der Waals surface area contributed by atoms with Crippen LogP contribution < -0.4 is 9.80 Å². The third-order valence-corrected chi connectivity index (χ3v) is 21.0. The molecule has 0 aliphatic carbocycles. The van der Waals surface area contributed by atoms with E-state index in [0.29, 0.717) is 0 Å². The van der Waals surface area contributed by atoms with Crippen LogP contribution in [0.4, 0.5) is 34.1 Å². The third kappa shape index (κ3) is 11.4. The molecule has 0 aliphatic rings. The Morgan fingerprint density at radius 2 is 0.452 bits per heavy atom. The van der Waals surface area contributed by atoms with Crippen LogP contribution in [0.5, 0.6) is 0 Å². The van der Waals surface area contributed by atoms with Gasteiger partial charge >= 0.3 is 0 Å². The van der Waals surface area contributed by atoms with Gasteiger partial charge in [0, 0.05) is 33.9 Å². The summed E-state index contributed by atoms with van der Waals surface area (Å²) < 4.78 is 0. The number of nitrogens with zero attached hydrogens (tertiary/aromatic N) is 2. The van der Waals surface area contributed by atoms with Crippen LogP contribution >= 0.6 is 0 Å². The molecule has 19 aromatic rings. The zero-order valence-electron chi connectivity index (χ0n) is 57.2. The Labute approximate surface area is 606 Å². The molecule has 0 atom stereocenters. The average molecular weight is 1320 g/mol. The molecule has 19 aromatic carbocycles. The standard InChI is InChI=1S/C102H68N2/c1-5-21-69(22-6-1)78-30-17-34-88(64-78)104(87-57-49-75(50-58-87)90-37-18-29-71-27-13-15-35-89(71)90)102-62-54-83(68-100(102)73-25-9-3-10-26-73)81-46-44-77-51-60-96-94(39-20-40-95(96)98(77)66-81)93-38-19-31-84-63-79(52-59-92(84)93)70-47-55-86(56-48-70)103(85-32-11-4-12-33-85)101-61-53-82(67-99(101)72-23-7-2-8-24-72)80-45-43-76-42-41-74-28-14-16-36-91(74)97(76)65-80/h1-68H. The molecule has 486 valence electrons. The topological polar surface area (TPSA) is 6.48 Å². The van der Waals surface area contributed by atoms with Crippen molar-refractivity contribution in [3.05, 3.63) is 413 Å². The predicted molar refractivity (Wildman–Crippen MR) is 444 cm³/mol. The number of para-hydroxylation sites is 1. The Morgan fingerprint density at radius 1 is 0.125 bits per heavy atom. The number of fused-ring (bicyclic) bond motifs is 8. The smallest absolute Gasteiger partial charge is 0.0540 e. The maximum Gasteiger partial charge on any atom is 0.0540 e. The zero-order chi connectivity index (χ0) is 68.9. The molecule has 2 heteroatoms. The lowest BCUT2D eigenvalue weighted by Crippen LogP contribution is -2.11. The van der Waals surface area contributed by atoms with Gasteiger partial charge in [0.25, 0.3) is 0 Å². The number of hydrogen-bond donors (Lipinski definition) is 0. The van der Waals surface area contributed by atoms with Gasteiger partial charge in [0.2, 0.25) is 0 Å². The molecule has 0 fully saturated rings. The fourth-order valence-corrected chi connectivity index (χ4v) is 15.9. The highest BCUT2D eigenvalue weighted by molar-refractivity contribution is 6.16. The zero-order valence-corrected chi connectivity index (χ0v) is 57.2.